The molecule has 3 rings (SSSR count). The Morgan fingerprint density at radius 2 is 1.52 bits per heavy atom. The van der Waals surface area contributed by atoms with Crippen LogP contribution in [0.1, 0.15) is 15.9 Å². The van der Waals surface area contributed by atoms with Crippen molar-refractivity contribution in [1.82, 2.24) is 5.32 Å². The lowest BCUT2D eigenvalue weighted by molar-refractivity contribution is -0.142. The van der Waals surface area contributed by atoms with Crippen molar-refractivity contribution >= 4 is 28.4 Å². The van der Waals surface area contributed by atoms with E-state index in [0.29, 0.717) is 5.56 Å². The molecule has 0 aliphatic heterocycles. The number of hydrogen-bond acceptors (Lipinski definition) is 4. The van der Waals surface area contributed by atoms with Crippen LogP contribution in [0.2, 0.25) is 0 Å². The van der Waals surface area contributed by atoms with Crippen molar-refractivity contribution in [3.05, 3.63) is 83.9 Å². The fourth-order valence-corrected chi connectivity index (χ4v) is 2.76. The lowest BCUT2D eigenvalue weighted by Crippen LogP contribution is -2.32. The van der Waals surface area contributed by atoms with E-state index >= 15 is 0 Å². The van der Waals surface area contributed by atoms with Crippen molar-refractivity contribution in [3.8, 4) is 0 Å². The van der Waals surface area contributed by atoms with Crippen LogP contribution in [0.15, 0.2) is 72.8 Å². The Balaban J connectivity index is 1.47. The summed E-state index contributed by atoms with van der Waals surface area (Å²) in [7, 11) is 0. The summed E-state index contributed by atoms with van der Waals surface area (Å²) in [6.45, 7) is -0.617. The topological polar surface area (TPSA) is 72.5 Å². The smallest absolute Gasteiger partial charge is 0.325 e. The monoisotopic (exact) mass is 361 g/mol. The third kappa shape index (κ3) is 5.01. The molecule has 3 aromatic carbocycles. The molecule has 1 N–H and O–H groups in total. The number of hydrogen-bond donors (Lipinski definition) is 1. The maximum Gasteiger partial charge on any atom is 0.325 e. The van der Waals surface area contributed by atoms with Crippen LogP contribution in [0.3, 0.4) is 0 Å². The largest absolute Gasteiger partial charge is 0.456 e. The highest BCUT2D eigenvalue weighted by atomic mass is 16.5. The number of benzene rings is 3. The first-order valence-electron chi connectivity index (χ1n) is 8.60. The molecule has 1 amide bonds. The summed E-state index contributed by atoms with van der Waals surface area (Å²) in [5, 5.41) is 4.60. The van der Waals surface area contributed by atoms with Gasteiger partial charge >= 0.3 is 5.97 Å². The highest BCUT2D eigenvalue weighted by molar-refractivity contribution is 5.98. The van der Waals surface area contributed by atoms with Gasteiger partial charge in [-0.2, -0.15) is 0 Å². The van der Waals surface area contributed by atoms with Crippen LogP contribution in [0, 0.1) is 0 Å². The number of carbonyl (C=O) groups excluding carboxylic acids is 3. The van der Waals surface area contributed by atoms with Crippen molar-refractivity contribution in [2.45, 2.75) is 6.42 Å². The number of fused-ring (bicyclic) bond motifs is 1. The lowest BCUT2D eigenvalue weighted by atomic mass is 10.0. The summed E-state index contributed by atoms with van der Waals surface area (Å²) in [6.07, 6.45) is 0.164. The molecule has 0 bridgehead atoms. The fourth-order valence-electron chi connectivity index (χ4n) is 2.76. The number of Topliss-reactive ketones (excluding diaryl/α,β-unsaturated/α-hetero) is 1. The summed E-state index contributed by atoms with van der Waals surface area (Å²) >= 11 is 0. The maximum atomic E-state index is 12.1. The van der Waals surface area contributed by atoms with Gasteiger partial charge in [0.25, 0.3) is 0 Å². The molecule has 0 radical (unpaired) electrons. The Bertz CT molecular complexity index is 961. The van der Waals surface area contributed by atoms with Gasteiger partial charge in [-0.05, 0) is 16.3 Å². The Morgan fingerprint density at radius 1 is 0.815 bits per heavy atom. The van der Waals surface area contributed by atoms with Crippen molar-refractivity contribution in [2.24, 2.45) is 0 Å². The van der Waals surface area contributed by atoms with E-state index in [2.05, 4.69) is 5.32 Å². The van der Waals surface area contributed by atoms with Crippen molar-refractivity contribution < 1.29 is 19.1 Å². The number of carbonyl (C=O) groups is 3. The Hall–Kier alpha value is -3.47. The second-order valence-electron chi connectivity index (χ2n) is 6.04. The standard InChI is InChI=1S/C22H19NO4/c24-20(17-8-2-1-3-9-17)15-27-22(26)14-23-21(25)13-18-11-6-10-16-7-4-5-12-19(16)18/h1-12H,13-15H2,(H,23,25). The third-order valence-electron chi connectivity index (χ3n) is 4.12. The van der Waals surface area contributed by atoms with E-state index in [9.17, 15) is 14.4 Å². The first-order valence-corrected chi connectivity index (χ1v) is 8.60. The van der Waals surface area contributed by atoms with Crippen LogP contribution in [0.4, 0.5) is 0 Å². The number of ether oxygens (including phenoxy) is 1. The zero-order valence-electron chi connectivity index (χ0n) is 14.7. The maximum absolute atomic E-state index is 12.1. The minimum atomic E-state index is -0.648. The SMILES string of the molecule is O=C(Cc1cccc2ccccc12)NCC(=O)OCC(=O)c1ccccc1. The van der Waals surface area contributed by atoms with Gasteiger partial charge in [-0.25, -0.2) is 0 Å². The number of amides is 1. The van der Waals surface area contributed by atoms with E-state index < -0.39 is 5.97 Å². The molecule has 0 fully saturated rings. The number of esters is 1. The summed E-state index contributed by atoms with van der Waals surface area (Å²) in [4.78, 5) is 35.8. The van der Waals surface area contributed by atoms with Gasteiger partial charge < -0.3 is 10.1 Å². The Kier molecular flexibility index (Phi) is 5.94. The van der Waals surface area contributed by atoms with Crippen LogP contribution < -0.4 is 5.32 Å². The van der Waals surface area contributed by atoms with Gasteiger partial charge in [0, 0.05) is 5.56 Å². The lowest BCUT2D eigenvalue weighted by Gasteiger charge is -2.08. The van der Waals surface area contributed by atoms with E-state index in [0.717, 1.165) is 16.3 Å². The second kappa shape index (κ2) is 8.76. The summed E-state index contributed by atoms with van der Waals surface area (Å²) in [5.74, 6) is -1.21. The highest BCUT2D eigenvalue weighted by Crippen LogP contribution is 2.18. The second-order valence-corrected chi connectivity index (χ2v) is 6.04. The quantitative estimate of drug-likeness (QED) is 0.519. The van der Waals surface area contributed by atoms with E-state index in [4.69, 9.17) is 4.74 Å². The third-order valence-corrected chi connectivity index (χ3v) is 4.12. The molecule has 0 aliphatic rings. The van der Waals surface area contributed by atoms with Crippen molar-refractivity contribution in [2.75, 3.05) is 13.2 Å². The van der Waals surface area contributed by atoms with E-state index in [1.54, 1.807) is 30.3 Å². The molecule has 5 nitrogen and oxygen atoms in total. The molecule has 0 aliphatic carbocycles. The van der Waals surface area contributed by atoms with Gasteiger partial charge in [0.05, 0.1) is 6.42 Å². The molecule has 0 heterocycles. The molecule has 0 aromatic heterocycles. The van der Waals surface area contributed by atoms with E-state index in [1.165, 1.54) is 0 Å². The molecule has 27 heavy (non-hydrogen) atoms. The molecular formula is C22H19NO4. The van der Waals surface area contributed by atoms with Crippen LogP contribution in [0.5, 0.6) is 0 Å². The molecule has 5 heteroatoms. The van der Waals surface area contributed by atoms with E-state index in [-0.39, 0.29) is 31.3 Å². The number of nitrogens with one attached hydrogen (secondary N) is 1. The van der Waals surface area contributed by atoms with Gasteiger partial charge in [0.15, 0.2) is 12.4 Å². The molecular weight excluding hydrogens is 342 g/mol. The highest BCUT2D eigenvalue weighted by Gasteiger charge is 2.12. The van der Waals surface area contributed by atoms with E-state index in [1.807, 2.05) is 42.5 Å². The van der Waals surface area contributed by atoms with Gasteiger partial charge in [0.1, 0.15) is 6.54 Å². The average molecular weight is 361 g/mol. The van der Waals surface area contributed by atoms with Crippen LogP contribution >= 0.6 is 0 Å². The summed E-state index contributed by atoms with van der Waals surface area (Å²) < 4.78 is 4.93. The van der Waals surface area contributed by atoms with Gasteiger partial charge in [-0.3, -0.25) is 14.4 Å². The molecule has 0 unspecified atom stereocenters. The zero-order chi connectivity index (χ0) is 19.1. The first kappa shape index (κ1) is 18.3. The van der Waals surface area contributed by atoms with Gasteiger partial charge in [0.2, 0.25) is 5.91 Å². The Labute approximate surface area is 157 Å². The molecule has 0 atom stereocenters. The molecule has 0 spiro atoms. The Morgan fingerprint density at radius 3 is 2.33 bits per heavy atom. The molecule has 0 saturated heterocycles. The van der Waals surface area contributed by atoms with Gasteiger partial charge in [-0.1, -0.05) is 72.8 Å². The molecule has 136 valence electrons. The van der Waals surface area contributed by atoms with Crippen LogP contribution in [-0.2, 0) is 20.7 Å². The van der Waals surface area contributed by atoms with Gasteiger partial charge in [-0.15, -0.1) is 0 Å². The normalized spacial score (nSPS) is 10.4. The number of rotatable bonds is 7. The summed E-state index contributed by atoms with van der Waals surface area (Å²) in [6, 6.07) is 22.2. The van der Waals surface area contributed by atoms with Crippen molar-refractivity contribution in [1.29, 1.82) is 0 Å². The van der Waals surface area contributed by atoms with Crippen LogP contribution in [0.25, 0.3) is 10.8 Å². The van der Waals surface area contributed by atoms with Crippen LogP contribution in [-0.4, -0.2) is 30.8 Å². The minimum absolute atomic E-state index is 0.164. The number of ketones is 1. The fraction of sp³-hybridized carbons (Fsp3) is 0.136. The zero-order valence-corrected chi connectivity index (χ0v) is 14.7. The minimum Gasteiger partial charge on any atom is -0.456 e. The first-order chi connectivity index (χ1) is 13.1. The molecule has 0 saturated carbocycles. The van der Waals surface area contributed by atoms with Crippen molar-refractivity contribution in [3.63, 3.8) is 0 Å². The molecule has 3 aromatic rings. The predicted molar refractivity (Wildman–Crippen MR) is 102 cm³/mol. The summed E-state index contributed by atoms with van der Waals surface area (Å²) in [5.41, 5.74) is 1.36. The average Bonchev–Trinajstić information content (AvgIpc) is 2.71. The predicted octanol–water partition coefficient (Wildman–Crippen LogP) is 2.92.